The van der Waals surface area contributed by atoms with E-state index in [2.05, 4.69) is 128 Å². The summed E-state index contributed by atoms with van der Waals surface area (Å²) in [5, 5.41) is 4.83. The second-order valence-electron chi connectivity index (χ2n) is 10.3. The lowest BCUT2D eigenvalue weighted by Crippen LogP contribution is -1.97. The summed E-state index contributed by atoms with van der Waals surface area (Å²) in [6, 6.07) is 39.3. The van der Waals surface area contributed by atoms with E-state index in [9.17, 15) is 0 Å². The average molecular weight is 515 g/mol. The summed E-state index contributed by atoms with van der Waals surface area (Å²) in [6.07, 6.45) is 9.67. The molecule has 0 saturated carbocycles. The number of rotatable bonds is 5. The number of aryl methyl sites for hydroxylation is 2. The molecule has 0 atom stereocenters. The molecule has 0 fully saturated rings. The topological polar surface area (TPSA) is 35.6 Å². The standard InChI is InChI=1S/C36H26N4/c1-3-7-33-29(5-1)31-23-37-21-19-35(31)39(33)27-15-11-25(12-16-27)9-10-26-13-17-28(18-14-26)40-34-8-4-2-6-30(34)32-24-38-22-20-36(32)40/h1-8,11-24H,9-10H2. The van der Waals surface area contributed by atoms with Gasteiger partial charge in [-0.05, 0) is 72.5 Å². The molecule has 0 bridgehead atoms. The summed E-state index contributed by atoms with van der Waals surface area (Å²) in [7, 11) is 0. The predicted molar refractivity (Wildman–Crippen MR) is 165 cm³/mol. The zero-order chi connectivity index (χ0) is 26.5. The summed E-state index contributed by atoms with van der Waals surface area (Å²) in [6.45, 7) is 0. The monoisotopic (exact) mass is 514 g/mol. The van der Waals surface area contributed by atoms with Crippen molar-refractivity contribution in [2.45, 2.75) is 12.8 Å². The molecule has 0 N–H and O–H groups in total. The van der Waals surface area contributed by atoms with Crippen molar-refractivity contribution in [2.75, 3.05) is 0 Å². The van der Waals surface area contributed by atoms with E-state index in [-0.39, 0.29) is 0 Å². The zero-order valence-corrected chi connectivity index (χ0v) is 21.9. The van der Waals surface area contributed by atoms with E-state index >= 15 is 0 Å². The van der Waals surface area contributed by atoms with Crippen LogP contribution < -0.4 is 0 Å². The Labute approximate surface area is 231 Å². The van der Waals surface area contributed by atoms with Crippen molar-refractivity contribution in [2.24, 2.45) is 0 Å². The van der Waals surface area contributed by atoms with Gasteiger partial charge in [0.25, 0.3) is 0 Å². The molecule has 0 saturated heterocycles. The van der Waals surface area contributed by atoms with Gasteiger partial charge in [0.05, 0.1) is 22.1 Å². The highest BCUT2D eigenvalue weighted by Crippen LogP contribution is 2.32. The van der Waals surface area contributed by atoms with Gasteiger partial charge in [-0.1, -0.05) is 60.7 Å². The van der Waals surface area contributed by atoms with E-state index in [4.69, 9.17) is 0 Å². The minimum absolute atomic E-state index is 0.998. The summed E-state index contributed by atoms with van der Waals surface area (Å²) >= 11 is 0. The molecule has 4 aromatic heterocycles. The van der Waals surface area contributed by atoms with Gasteiger partial charge in [0.1, 0.15) is 0 Å². The molecule has 0 aliphatic heterocycles. The molecule has 0 aliphatic rings. The third-order valence-electron chi connectivity index (χ3n) is 8.04. The molecule has 0 amide bonds. The van der Waals surface area contributed by atoms with Crippen LogP contribution in [0.3, 0.4) is 0 Å². The van der Waals surface area contributed by atoms with E-state index in [0.717, 1.165) is 12.8 Å². The first kappa shape index (κ1) is 22.7. The maximum absolute atomic E-state index is 4.37. The van der Waals surface area contributed by atoms with E-state index in [1.54, 1.807) is 0 Å². The van der Waals surface area contributed by atoms with Crippen molar-refractivity contribution < 1.29 is 0 Å². The van der Waals surface area contributed by atoms with Crippen LogP contribution >= 0.6 is 0 Å². The Hall–Kier alpha value is -5.22. The molecule has 0 aliphatic carbocycles. The van der Waals surface area contributed by atoms with Crippen LogP contribution in [0.25, 0.3) is 55.0 Å². The molecule has 4 heteroatoms. The fourth-order valence-electron chi connectivity index (χ4n) is 6.10. The van der Waals surface area contributed by atoms with E-state index in [1.165, 1.54) is 66.1 Å². The van der Waals surface area contributed by atoms with Crippen molar-refractivity contribution in [1.82, 2.24) is 19.1 Å². The summed E-state index contributed by atoms with van der Waals surface area (Å²) in [5.74, 6) is 0. The molecule has 8 rings (SSSR count). The summed E-state index contributed by atoms with van der Waals surface area (Å²) in [5.41, 5.74) is 9.80. The number of fused-ring (bicyclic) bond motifs is 6. The van der Waals surface area contributed by atoms with Gasteiger partial charge < -0.3 is 9.13 Å². The first-order chi connectivity index (χ1) is 19.8. The Kier molecular flexibility index (Phi) is 5.23. The molecule has 190 valence electrons. The number of aromatic nitrogens is 4. The SMILES string of the molecule is c1ccc2c(c1)c1cnccc1n2-c1ccc(CCc2ccc(-n3c4ccccc4c4cnccc43)cc2)cc1. The molecule has 0 radical (unpaired) electrons. The minimum Gasteiger partial charge on any atom is -0.309 e. The lowest BCUT2D eigenvalue weighted by atomic mass is 10.0. The lowest BCUT2D eigenvalue weighted by molar-refractivity contribution is 0.957. The van der Waals surface area contributed by atoms with Gasteiger partial charge in [-0.15, -0.1) is 0 Å². The van der Waals surface area contributed by atoms with Gasteiger partial charge in [-0.3, -0.25) is 9.97 Å². The Morgan fingerprint density at radius 2 is 0.800 bits per heavy atom. The van der Waals surface area contributed by atoms with Gasteiger partial charge in [0.2, 0.25) is 0 Å². The smallest absolute Gasteiger partial charge is 0.0571 e. The second-order valence-corrected chi connectivity index (χ2v) is 10.3. The van der Waals surface area contributed by atoms with Crippen LogP contribution in [0.15, 0.2) is 134 Å². The van der Waals surface area contributed by atoms with Crippen molar-refractivity contribution in [1.29, 1.82) is 0 Å². The number of para-hydroxylation sites is 2. The molecular formula is C36H26N4. The van der Waals surface area contributed by atoms with E-state index < -0.39 is 0 Å². The third-order valence-corrected chi connectivity index (χ3v) is 8.04. The highest BCUT2D eigenvalue weighted by molar-refractivity contribution is 6.09. The largest absolute Gasteiger partial charge is 0.309 e. The maximum Gasteiger partial charge on any atom is 0.0571 e. The van der Waals surface area contributed by atoms with Crippen LogP contribution in [0, 0.1) is 0 Å². The molecule has 0 spiro atoms. The summed E-state index contributed by atoms with van der Waals surface area (Å²) < 4.78 is 4.67. The lowest BCUT2D eigenvalue weighted by Gasteiger charge is -2.10. The van der Waals surface area contributed by atoms with Crippen LogP contribution in [0.1, 0.15) is 11.1 Å². The number of nitrogens with zero attached hydrogens (tertiary/aromatic N) is 4. The quantitative estimate of drug-likeness (QED) is 0.231. The molecule has 4 aromatic carbocycles. The normalized spacial score (nSPS) is 11.7. The number of pyridine rings is 2. The van der Waals surface area contributed by atoms with Crippen LogP contribution in [0.5, 0.6) is 0 Å². The van der Waals surface area contributed by atoms with Crippen LogP contribution in [-0.4, -0.2) is 19.1 Å². The van der Waals surface area contributed by atoms with Gasteiger partial charge in [0, 0.05) is 57.7 Å². The van der Waals surface area contributed by atoms with Gasteiger partial charge in [-0.2, -0.15) is 0 Å². The van der Waals surface area contributed by atoms with Crippen molar-refractivity contribution in [3.8, 4) is 11.4 Å². The number of benzene rings is 4. The number of hydrogen-bond donors (Lipinski definition) is 0. The van der Waals surface area contributed by atoms with Crippen LogP contribution in [0.2, 0.25) is 0 Å². The first-order valence-corrected chi connectivity index (χ1v) is 13.7. The maximum atomic E-state index is 4.37. The van der Waals surface area contributed by atoms with Crippen molar-refractivity contribution >= 4 is 43.6 Å². The second kappa shape index (κ2) is 9.21. The van der Waals surface area contributed by atoms with Crippen LogP contribution in [-0.2, 0) is 12.8 Å². The van der Waals surface area contributed by atoms with Crippen LogP contribution in [0.4, 0.5) is 0 Å². The fourth-order valence-corrected chi connectivity index (χ4v) is 6.10. The van der Waals surface area contributed by atoms with E-state index in [1.807, 2.05) is 24.8 Å². The molecule has 8 aromatic rings. The molecule has 0 unspecified atom stereocenters. The Morgan fingerprint density at radius 1 is 0.400 bits per heavy atom. The third kappa shape index (κ3) is 3.61. The van der Waals surface area contributed by atoms with Gasteiger partial charge in [0.15, 0.2) is 0 Å². The Bertz CT molecular complexity index is 1890. The fraction of sp³-hybridized carbons (Fsp3) is 0.0556. The van der Waals surface area contributed by atoms with Crippen molar-refractivity contribution in [3.05, 3.63) is 145 Å². The van der Waals surface area contributed by atoms with Crippen molar-refractivity contribution in [3.63, 3.8) is 0 Å². The predicted octanol–water partition coefficient (Wildman–Crippen LogP) is 8.46. The average Bonchev–Trinajstić information content (AvgIpc) is 3.54. The van der Waals surface area contributed by atoms with Gasteiger partial charge >= 0.3 is 0 Å². The molecule has 4 heterocycles. The Morgan fingerprint density at radius 3 is 1.25 bits per heavy atom. The molecule has 40 heavy (non-hydrogen) atoms. The zero-order valence-electron chi connectivity index (χ0n) is 21.9. The Balaban J connectivity index is 1.05. The summed E-state index contributed by atoms with van der Waals surface area (Å²) in [4.78, 5) is 8.73. The molecular weight excluding hydrogens is 488 g/mol. The van der Waals surface area contributed by atoms with Gasteiger partial charge in [-0.25, -0.2) is 0 Å². The highest BCUT2D eigenvalue weighted by atomic mass is 15.0. The van der Waals surface area contributed by atoms with E-state index in [0.29, 0.717) is 0 Å². The number of hydrogen-bond acceptors (Lipinski definition) is 2. The molecule has 4 nitrogen and oxygen atoms in total. The minimum atomic E-state index is 0.998. The highest BCUT2D eigenvalue weighted by Gasteiger charge is 2.13. The first-order valence-electron chi connectivity index (χ1n) is 13.7.